The van der Waals surface area contributed by atoms with Crippen molar-refractivity contribution in [2.75, 3.05) is 10.8 Å². The molecule has 0 aliphatic carbocycles. The predicted octanol–water partition coefficient (Wildman–Crippen LogP) is 6.42. The van der Waals surface area contributed by atoms with Crippen LogP contribution >= 0.6 is 0 Å². The number of rotatable bonds is 13. The van der Waals surface area contributed by atoms with Crippen molar-refractivity contribution < 1.29 is 17.9 Å². The van der Waals surface area contributed by atoms with Crippen LogP contribution in [0, 0.1) is 6.92 Å². The topological polar surface area (TPSA) is 70.8 Å². The minimum Gasteiger partial charge on any atom is -0.471 e. The number of hydrogen-bond donors (Lipinski definition) is 1. The number of sulfonamides is 1. The Hall–Kier alpha value is -2.57. The van der Waals surface area contributed by atoms with Crippen LogP contribution in [-0.2, 0) is 16.4 Å². The van der Waals surface area contributed by atoms with Gasteiger partial charge in [-0.15, -0.1) is 0 Å². The zero-order valence-electron chi connectivity index (χ0n) is 19.6. The van der Waals surface area contributed by atoms with E-state index in [0.29, 0.717) is 36.2 Å². The molecule has 1 aromatic heterocycles. The van der Waals surface area contributed by atoms with E-state index >= 15 is 0 Å². The number of aryl methyl sites for hydroxylation is 2. The second kappa shape index (κ2) is 12.1. The van der Waals surface area contributed by atoms with E-state index in [2.05, 4.69) is 19.1 Å². The van der Waals surface area contributed by atoms with Crippen molar-refractivity contribution in [1.82, 2.24) is 0 Å². The van der Waals surface area contributed by atoms with Crippen molar-refractivity contribution in [3.8, 4) is 0 Å². The molecule has 1 atom stereocenters. The van der Waals surface area contributed by atoms with E-state index in [-0.39, 0.29) is 4.90 Å². The number of aliphatic hydroxyl groups excluding tert-OH is 1. The Bertz CT molecular complexity index is 1090. The van der Waals surface area contributed by atoms with Crippen LogP contribution in [0.3, 0.4) is 0 Å². The van der Waals surface area contributed by atoms with Crippen LogP contribution in [0.2, 0.25) is 0 Å². The summed E-state index contributed by atoms with van der Waals surface area (Å²) < 4.78 is 34.0. The van der Waals surface area contributed by atoms with Gasteiger partial charge in [0.05, 0.1) is 18.1 Å². The Morgan fingerprint density at radius 3 is 2.36 bits per heavy atom. The third-order valence-electron chi connectivity index (χ3n) is 5.94. The molecule has 1 heterocycles. The molecule has 6 heteroatoms. The van der Waals surface area contributed by atoms with Gasteiger partial charge < -0.3 is 9.52 Å². The van der Waals surface area contributed by atoms with Gasteiger partial charge in [-0.2, -0.15) is 0 Å². The van der Waals surface area contributed by atoms with Gasteiger partial charge in [-0.25, -0.2) is 8.42 Å². The summed E-state index contributed by atoms with van der Waals surface area (Å²) in [4.78, 5) is 0.167. The fourth-order valence-corrected chi connectivity index (χ4v) is 5.74. The second-order valence-corrected chi connectivity index (χ2v) is 10.3. The van der Waals surface area contributed by atoms with Gasteiger partial charge in [0.1, 0.15) is 11.2 Å². The number of benzene rings is 2. The molecular weight excluding hydrogens is 434 g/mol. The zero-order chi connectivity index (χ0) is 23.7. The number of anilines is 1. The van der Waals surface area contributed by atoms with Gasteiger partial charge in [-0.1, -0.05) is 74.7 Å². The first-order valence-electron chi connectivity index (χ1n) is 11.8. The molecule has 2 aromatic carbocycles. The first-order valence-corrected chi connectivity index (χ1v) is 13.3. The van der Waals surface area contributed by atoms with E-state index in [1.165, 1.54) is 22.4 Å². The van der Waals surface area contributed by atoms with Gasteiger partial charge in [0.25, 0.3) is 10.0 Å². The summed E-state index contributed by atoms with van der Waals surface area (Å²) in [5, 5.41) is 10.9. The molecule has 3 rings (SSSR count). The molecule has 0 bridgehead atoms. The minimum atomic E-state index is -3.84. The molecule has 3 aromatic rings. The molecule has 0 fully saturated rings. The SMILES string of the molecule is CCCCCC(O)c1ccccc1N(CCCCc1ccccc1)S(=O)(=O)c1cocc1C. The third-order valence-corrected chi connectivity index (χ3v) is 7.88. The predicted molar refractivity (Wildman–Crippen MR) is 133 cm³/mol. The van der Waals surface area contributed by atoms with Crippen LogP contribution < -0.4 is 4.31 Å². The smallest absolute Gasteiger partial charge is 0.267 e. The van der Waals surface area contributed by atoms with Crippen LogP contribution in [-0.4, -0.2) is 20.1 Å². The average molecular weight is 470 g/mol. The van der Waals surface area contributed by atoms with Crippen molar-refractivity contribution in [3.63, 3.8) is 0 Å². The maximum absolute atomic E-state index is 13.7. The lowest BCUT2D eigenvalue weighted by atomic mass is 10.0. The molecule has 5 nitrogen and oxygen atoms in total. The summed E-state index contributed by atoms with van der Waals surface area (Å²) in [5.41, 5.74) is 3.01. The molecule has 0 saturated carbocycles. The summed E-state index contributed by atoms with van der Waals surface area (Å²) in [5.74, 6) is 0. The van der Waals surface area contributed by atoms with Crippen LogP contribution in [0.5, 0.6) is 0 Å². The first-order chi connectivity index (χ1) is 15.9. The number of unbranched alkanes of at least 4 members (excludes halogenated alkanes) is 3. The third kappa shape index (κ3) is 6.49. The van der Waals surface area contributed by atoms with E-state index in [0.717, 1.165) is 32.1 Å². The number of furan rings is 1. The lowest BCUT2D eigenvalue weighted by molar-refractivity contribution is 0.164. The Labute approximate surface area is 198 Å². The van der Waals surface area contributed by atoms with Gasteiger partial charge in [-0.05, 0) is 44.2 Å². The molecule has 0 radical (unpaired) electrons. The van der Waals surface area contributed by atoms with E-state index in [9.17, 15) is 13.5 Å². The van der Waals surface area contributed by atoms with E-state index in [1.54, 1.807) is 13.0 Å². The molecule has 33 heavy (non-hydrogen) atoms. The van der Waals surface area contributed by atoms with Crippen molar-refractivity contribution in [3.05, 3.63) is 83.8 Å². The summed E-state index contributed by atoms with van der Waals surface area (Å²) in [6.07, 6.45) is 8.10. The van der Waals surface area contributed by atoms with Crippen molar-refractivity contribution in [2.45, 2.75) is 69.8 Å². The molecule has 178 valence electrons. The fraction of sp³-hybridized carbons (Fsp3) is 0.407. The van der Waals surface area contributed by atoms with Crippen molar-refractivity contribution >= 4 is 15.7 Å². The Morgan fingerprint density at radius 1 is 0.939 bits per heavy atom. The highest BCUT2D eigenvalue weighted by Crippen LogP contribution is 2.34. The molecule has 0 aliphatic heterocycles. The highest BCUT2D eigenvalue weighted by atomic mass is 32.2. The summed E-state index contributed by atoms with van der Waals surface area (Å²) >= 11 is 0. The number of nitrogens with zero attached hydrogens (tertiary/aromatic N) is 1. The second-order valence-electron chi connectivity index (χ2n) is 8.51. The Morgan fingerprint density at radius 2 is 1.67 bits per heavy atom. The minimum absolute atomic E-state index is 0.167. The molecule has 1 N–H and O–H groups in total. The maximum Gasteiger partial charge on any atom is 0.267 e. The lowest BCUT2D eigenvalue weighted by Gasteiger charge is -2.28. The molecule has 1 unspecified atom stereocenters. The first kappa shape index (κ1) is 25.1. The Balaban J connectivity index is 1.87. The lowest BCUT2D eigenvalue weighted by Crippen LogP contribution is -2.33. The van der Waals surface area contributed by atoms with Gasteiger partial charge in [0.15, 0.2) is 0 Å². The molecular formula is C27H35NO4S. The van der Waals surface area contributed by atoms with Crippen LogP contribution in [0.4, 0.5) is 5.69 Å². The Kier molecular flexibility index (Phi) is 9.15. The van der Waals surface area contributed by atoms with Crippen molar-refractivity contribution in [1.29, 1.82) is 0 Å². The standard InChI is InChI=1S/C27H35NO4S/c1-3-4-6-18-26(29)24-16-9-10-17-25(24)28(33(30,31)27-21-32-20-22(27)2)19-12-11-15-23-13-7-5-8-14-23/h5,7-10,13-14,16-17,20-21,26,29H,3-4,6,11-12,15,18-19H2,1-2H3. The highest BCUT2D eigenvalue weighted by Gasteiger charge is 2.30. The van der Waals surface area contributed by atoms with Gasteiger partial charge >= 0.3 is 0 Å². The van der Waals surface area contributed by atoms with Crippen LogP contribution in [0.1, 0.15) is 68.2 Å². The van der Waals surface area contributed by atoms with Gasteiger partial charge in [0.2, 0.25) is 0 Å². The van der Waals surface area contributed by atoms with Crippen LogP contribution in [0.15, 0.2) is 76.4 Å². The van der Waals surface area contributed by atoms with Gasteiger partial charge in [0, 0.05) is 17.7 Å². The summed E-state index contributed by atoms with van der Waals surface area (Å²) in [7, 11) is -3.84. The largest absolute Gasteiger partial charge is 0.471 e. The number of para-hydroxylation sites is 1. The molecule has 0 aliphatic rings. The van der Waals surface area contributed by atoms with Crippen molar-refractivity contribution in [2.24, 2.45) is 0 Å². The number of aliphatic hydroxyl groups is 1. The summed E-state index contributed by atoms with van der Waals surface area (Å²) in [6.45, 7) is 4.19. The fourth-order valence-electron chi connectivity index (χ4n) is 4.07. The maximum atomic E-state index is 13.7. The van der Waals surface area contributed by atoms with Gasteiger partial charge in [-0.3, -0.25) is 4.31 Å². The number of hydrogen-bond acceptors (Lipinski definition) is 4. The van der Waals surface area contributed by atoms with Crippen LogP contribution in [0.25, 0.3) is 0 Å². The van der Waals surface area contributed by atoms with E-state index in [4.69, 9.17) is 4.42 Å². The summed E-state index contributed by atoms with van der Waals surface area (Å²) in [6, 6.07) is 17.5. The molecule has 0 amide bonds. The quantitative estimate of drug-likeness (QED) is 0.293. The molecule has 0 saturated heterocycles. The van der Waals surface area contributed by atoms with E-state index in [1.807, 2.05) is 36.4 Å². The normalized spacial score (nSPS) is 12.6. The zero-order valence-corrected chi connectivity index (χ0v) is 20.4. The van der Waals surface area contributed by atoms with E-state index < -0.39 is 16.1 Å². The molecule has 0 spiro atoms. The monoisotopic (exact) mass is 469 g/mol. The highest BCUT2D eigenvalue weighted by molar-refractivity contribution is 7.92. The average Bonchev–Trinajstić information content (AvgIpc) is 3.26.